The van der Waals surface area contributed by atoms with Crippen LogP contribution >= 0.6 is 0 Å². The summed E-state index contributed by atoms with van der Waals surface area (Å²) in [6.07, 6.45) is 4.53. The molecule has 0 aliphatic rings. The molecule has 0 aromatic rings. The first kappa shape index (κ1) is 24.8. The van der Waals surface area contributed by atoms with Crippen LogP contribution in [0, 0.1) is 23.2 Å². The number of aliphatic hydroxyl groups excluding tert-OH is 1. The van der Waals surface area contributed by atoms with Crippen LogP contribution < -0.4 is 0 Å². The summed E-state index contributed by atoms with van der Waals surface area (Å²) in [5.41, 5.74) is -1.74. The molecule has 1 N–H and O–H groups in total. The van der Waals surface area contributed by atoms with Crippen LogP contribution in [-0.2, 0) is 0 Å². The molecule has 0 radical (unpaired) electrons. The standard InChI is InChI=1S/C21H41F3O/c1-17(2)9-6-10-18(3)11-7-12-19(4)13-8-14-20(5,15-16-25)21(22,23)24/h17-19,25H,6-16H2,1-5H3/t18-,19-,20?/m1/s1. The van der Waals surface area contributed by atoms with Gasteiger partial charge < -0.3 is 5.11 Å². The van der Waals surface area contributed by atoms with E-state index >= 15 is 0 Å². The van der Waals surface area contributed by atoms with Gasteiger partial charge in [0.15, 0.2) is 0 Å². The summed E-state index contributed by atoms with van der Waals surface area (Å²) in [6.45, 7) is 9.83. The van der Waals surface area contributed by atoms with E-state index in [2.05, 4.69) is 27.7 Å². The first-order chi connectivity index (χ1) is 11.5. The molecule has 0 saturated heterocycles. The van der Waals surface area contributed by atoms with Gasteiger partial charge in [-0.3, -0.25) is 0 Å². The molecule has 0 aliphatic carbocycles. The van der Waals surface area contributed by atoms with Crippen molar-refractivity contribution in [1.29, 1.82) is 0 Å². The number of hydrogen-bond acceptors (Lipinski definition) is 1. The third kappa shape index (κ3) is 11.1. The predicted octanol–water partition coefficient (Wildman–Crippen LogP) is 7.38. The lowest BCUT2D eigenvalue weighted by Crippen LogP contribution is -2.36. The van der Waals surface area contributed by atoms with E-state index in [0.717, 1.165) is 24.7 Å². The van der Waals surface area contributed by atoms with Gasteiger partial charge in [-0.1, -0.05) is 86.0 Å². The molecule has 0 spiro atoms. The molecule has 0 rings (SSSR count). The summed E-state index contributed by atoms with van der Waals surface area (Å²) in [6, 6.07) is 0. The van der Waals surface area contributed by atoms with Gasteiger partial charge in [0, 0.05) is 6.61 Å². The summed E-state index contributed by atoms with van der Waals surface area (Å²) in [4.78, 5) is 0. The Bertz CT molecular complexity index is 328. The molecule has 0 amide bonds. The lowest BCUT2D eigenvalue weighted by molar-refractivity contribution is -0.225. The van der Waals surface area contributed by atoms with Crippen LogP contribution in [0.25, 0.3) is 0 Å². The smallest absolute Gasteiger partial charge is 0.394 e. The number of alkyl halides is 3. The zero-order chi connectivity index (χ0) is 19.5. The molecule has 0 heterocycles. The molecule has 152 valence electrons. The minimum absolute atomic E-state index is 0.118. The molecule has 1 unspecified atom stereocenters. The molecule has 1 nitrogen and oxygen atoms in total. The van der Waals surface area contributed by atoms with Gasteiger partial charge >= 0.3 is 6.18 Å². The van der Waals surface area contributed by atoms with Crippen molar-refractivity contribution in [3.63, 3.8) is 0 Å². The fourth-order valence-electron chi connectivity index (χ4n) is 3.47. The first-order valence-electron chi connectivity index (χ1n) is 10.2. The topological polar surface area (TPSA) is 20.2 Å². The highest BCUT2D eigenvalue weighted by atomic mass is 19.4. The maximum Gasteiger partial charge on any atom is 0.394 e. The van der Waals surface area contributed by atoms with Crippen molar-refractivity contribution >= 4 is 0 Å². The van der Waals surface area contributed by atoms with Crippen LogP contribution in [0.2, 0.25) is 0 Å². The van der Waals surface area contributed by atoms with Crippen LogP contribution in [0.5, 0.6) is 0 Å². The van der Waals surface area contributed by atoms with E-state index in [9.17, 15) is 13.2 Å². The van der Waals surface area contributed by atoms with Gasteiger partial charge in [-0.2, -0.15) is 13.2 Å². The summed E-state index contributed by atoms with van der Waals surface area (Å²) in [7, 11) is 0. The average molecular weight is 367 g/mol. The predicted molar refractivity (Wildman–Crippen MR) is 101 cm³/mol. The SMILES string of the molecule is CC(C)CCC[C@@H](C)CCC[C@@H](C)CCCC(C)(CCO)C(F)(F)F. The van der Waals surface area contributed by atoms with Gasteiger partial charge in [0.2, 0.25) is 0 Å². The molecule has 3 atom stereocenters. The molecule has 4 heteroatoms. The minimum atomic E-state index is -4.23. The Hall–Kier alpha value is -0.250. The van der Waals surface area contributed by atoms with Gasteiger partial charge in [0.25, 0.3) is 0 Å². The zero-order valence-electron chi connectivity index (χ0n) is 17.1. The van der Waals surface area contributed by atoms with Crippen molar-refractivity contribution in [3.8, 4) is 0 Å². The van der Waals surface area contributed by atoms with Gasteiger partial charge in [-0.25, -0.2) is 0 Å². The quantitative estimate of drug-likeness (QED) is 0.340. The van der Waals surface area contributed by atoms with E-state index in [1.165, 1.54) is 39.0 Å². The van der Waals surface area contributed by atoms with Crippen molar-refractivity contribution < 1.29 is 18.3 Å². The summed E-state index contributed by atoms with van der Waals surface area (Å²) >= 11 is 0. The zero-order valence-corrected chi connectivity index (χ0v) is 17.1. The van der Waals surface area contributed by atoms with E-state index in [1.807, 2.05) is 0 Å². The Balaban J connectivity index is 3.94. The highest BCUT2D eigenvalue weighted by molar-refractivity contribution is 4.82. The second-order valence-electron chi connectivity index (χ2n) is 8.89. The molecule has 0 fully saturated rings. The van der Waals surface area contributed by atoms with E-state index in [-0.39, 0.29) is 12.8 Å². The summed E-state index contributed by atoms with van der Waals surface area (Å²) < 4.78 is 39.4. The fraction of sp³-hybridized carbons (Fsp3) is 1.00. The lowest BCUT2D eigenvalue weighted by Gasteiger charge is -2.32. The second-order valence-corrected chi connectivity index (χ2v) is 8.89. The molecule has 0 bridgehead atoms. The van der Waals surface area contributed by atoms with Crippen LogP contribution in [0.4, 0.5) is 13.2 Å². The molecule has 0 saturated carbocycles. The molecular formula is C21H41F3O. The highest BCUT2D eigenvalue weighted by Gasteiger charge is 2.49. The normalized spacial score (nSPS) is 17.5. The van der Waals surface area contributed by atoms with Crippen molar-refractivity contribution in [2.24, 2.45) is 23.2 Å². The van der Waals surface area contributed by atoms with Crippen molar-refractivity contribution in [2.45, 2.75) is 105 Å². The Morgan fingerprint density at radius 1 is 0.720 bits per heavy atom. The van der Waals surface area contributed by atoms with Gasteiger partial charge in [0.05, 0.1) is 5.41 Å². The molecule has 0 aromatic heterocycles. The van der Waals surface area contributed by atoms with Crippen LogP contribution in [0.1, 0.15) is 98.8 Å². The van der Waals surface area contributed by atoms with Gasteiger partial charge in [-0.15, -0.1) is 0 Å². The van der Waals surface area contributed by atoms with Crippen LogP contribution in [0.3, 0.4) is 0 Å². The third-order valence-corrected chi connectivity index (χ3v) is 5.65. The molecule has 0 aliphatic heterocycles. The molecule has 0 aromatic carbocycles. The van der Waals surface area contributed by atoms with E-state index in [4.69, 9.17) is 5.11 Å². The third-order valence-electron chi connectivity index (χ3n) is 5.65. The maximum atomic E-state index is 13.1. The van der Waals surface area contributed by atoms with Gasteiger partial charge in [0.1, 0.15) is 0 Å². The summed E-state index contributed by atoms with van der Waals surface area (Å²) in [5.74, 6) is 2.01. The molecular weight excluding hydrogens is 325 g/mol. The van der Waals surface area contributed by atoms with Crippen LogP contribution in [0.15, 0.2) is 0 Å². The van der Waals surface area contributed by atoms with Crippen molar-refractivity contribution in [1.82, 2.24) is 0 Å². The van der Waals surface area contributed by atoms with E-state index in [1.54, 1.807) is 0 Å². The second kappa shape index (κ2) is 12.2. The van der Waals surface area contributed by atoms with E-state index < -0.39 is 18.2 Å². The van der Waals surface area contributed by atoms with Gasteiger partial charge in [-0.05, 0) is 30.6 Å². The number of rotatable bonds is 14. The van der Waals surface area contributed by atoms with Crippen molar-refractivity contribution in [2.75, 3.05) is 6.61 Å². The number of halogens is 3. The largest absolute Gasteiger partial charge is 0.396 e. The molecule has 25 heavy (non-hydrogen) atoms. The Labute approximate surface area is 153 Å². The summed E-state index contributed by atoms with van der Waals surface area (Å²) in [5, 5.41) is 8.93. The van der Waals surface area contributed by atoms with Crippen molar-refractivity contribution in [3.05, 3.63) is 0 Å². The monoisotopic (exact) mass is 366 g/mol. The Morgan fingerprint density at radius 2 is 1.16 bits per heavy atom. The Morgan fingerprint density at radius 3 is 1.56 bits per heavy atom. The minimum Gasteiger partial charge on any atom is -0.396 e. The first-order valence-corrected chi connectivity index (χ1v) is 10.2. The van der Waals surface area contributed by atoms with Crippen LogP contribution in [-0.4, -0.2) is 17.9 Å². The lowest BCUT2D eigenvalue weighted by atomic mass is 9.80. The van der Waals surface area contributed by atoms with E-state index in [0.29, 0.717) is 12.3 Å². The number of aliphatic hydroxyl groups is 1. The maximum absolute atomic E-state index is 13.1. The fourth-order valence-corrected chi connectivity index (χ4v) is 3.47. The number of hydrogen-bond donors (Lipinski definition) is 1. The highest BCUT2D eigenvalue weighted by Crippen LogP contribution is 2.44. The Kier molecular flexibility index (Phi) is 12.1. The average Bonchev–Trinajstić information content (AvgIpc) is 2.46.